The van der Waals surface area contributed by atoms with Crippen LogP contribution >= 0.6 is 15.9 Å². The first-order valence-corrected chi connectivity index (χ1v) is 9.10. The van der Waals surface area contributed by atoms with Crippen molar-refractivity contribution < 1.29 is 4.74 Å². The number of aromatic nitrogens is 2. The summed E-state index contributed by atoms with van der Waals surface area (Å²) >= 11 is 3.51. The highest BCUT2D eigenvalue weighted by Gasteiger charge is 2.29. The Hall–Kier alpha value is -2.40. The van der Waals surface area contributed by atoms with Crippen molar-refractivity contribution in [1.82, 2.24) is 9.97 Å². The fourth-order valence-corrected chi connectivity index (χ4v) is 3.18. The van der Waals surface area contributed by atoms with Crippen molar-refractivity contribution in [2.45, 2.75) is 25.4 Å². The quantitative estimate of drug-likeness (QED) is 0.663. The van der Waals surface area contributed by atoms with Crippen LogP contribution in [0.3, 0.4) is 0 Å². The molecule has 0 saturated heterocycles. The van der Waals surface area contributed by atoms with Gasteiger partial charge in [-0.05, 0) is 58.6 Å². The molecule has 25 heavy (non-hydrogen) atoms. The fraction of sp³-hybridized carbons (Fsp3) is 0.200. The summed E-state index contributed by atoms with van der Waals surface area (Å²) in [5.74, 6) is 2.49. The maximum absolute atomic E-state index is 6.04. The predicted molar refractivity (Wildman–Crippen MR) is 102 cm³/mol. The van der Waals surface area contributed by atoms with Crippen molar-refractivity contribution in [2.75, 3.05) is 5.73 Å². The van der Waals surface area contributed by atoms with E-state index in [9.17, 15) is 0 Å². The molecule has 3 aromatic rings. The van der Waals surface area contributed by atoms with E-state index in [0.29, 0.717) is 24.2 Å². The zero-order valence-electron chi connectivity index (χ0n) is 13.7. The lowest BCUT2D eigenvalue weighted by Crippen LogP contribution is -2.02. The minimum absolute atomic E-state index is 0.497. The summed E-state index contributed by atoms with van der Waals surface area (Å²) in [6, 6.07) is 17.9. The second kappa shape index (κ2) is 6.84. The molecule has 0 amide bonds. The highest BCUT2D eigenvalue weighted by molar-refractivity contribution is 9.10. The minimum Gasteiger partial charge on any atom is -0.489 e. The topological polar surface area (TPSA) is 61.0 Å². The highest BCUT2D eigenvalue weighted by Crippen LogP contribution is 2.44. The van der Waals surface area contributed by atoms with E-state index in [1.807, 2.05) is 54.6 Å². The number of hydrogen-bond acceptors (Lipinski definition) is 4. The van der Waals surface area contributed by atoms with Crippen LogP contribution in [0.4, 0.5) is 5.82 Å². The van der Waals surface area contributed by atoms with Crippen molar-refractivity contribution in [2.24, 2.45) is 0 Å². The Labute approximate surface area is 155 Å². The number of hydrogen-bond donors (Lipinski definition) is 1. The van der Waals surface area contributed by atoms with Gasteiger partial charge in [0.25, 0.3) is 0 Å². The molecule has 126 valence electrons. The molecule has 1 fully saturated rings. The van der Waals surface area contributed by atoms with E-state index in [4.69, 9.17) is 15.5 Å². The molecule has 4 rings (SSSR count). The molecule has 5 heteroatoms. The second-order valence-electron chi connectivity index (χ2n) is 6.20. The summed E-state index contributed by atoms with van der Waals surface area (Å²) in [6.07, 6.45) is 2.33. The lowest BCUT2D eigenvalue weighted by atomic mass is 10.2. The molecular weight excluding hydrogens is 378 g/mol. The van der Waals surface area contributed by atoms with Gasteiger partial charge >= 0.3 is 0 Å². The maximum Gasteiger partial charge on any atom is 0.161 e. The summed E-state index contributed by atoms with van der Waals surface area (Å²) in [6.45, 7) is 0.549. The predicted octanol–water partition coefficient (Wildman–Crippen LogP) is 4.94. The van der Waals surface area contributed by atoms with E-state index in [-0.39, 0.29) is 0 Å². The number of nitrogens with two attached hydrogens (primary N) is 1. The monoisotopic (exact) mass is 395 g/mol. The zero-order chi connectivity index (χ0) is 17.2. The Morgan fingerprint density at radius 2 is 1.72 bits per heavy atom. The number of halogens is 1. The van der Waals surface area contributed by atoms with Gasteiger partial charge in [0.2, 0.25) is 0 Å². The van der Waals surface area contributed by atoms with Gasteiger partial charge in [-0.15, -0.1) is 0 Å². The first-order valence-electron chi connectivity index (χ1n) is 8.31. The van der Waals surface area contributed by atoms with Crippen molar-refractivity contribution in [3.8, 4) is 17.1 Å². The Morgan fingerprint density at radius 3 is 2.40 bits per heavy atom. The molecule has 0 aliphatic heterocycles. The summed E-state index contributed by atoms with van der Waals surface area (Å²) < 4.78 is 6.66. The third kappa shape index (κ3) is 3.66. The summed E-state index contributed by atoms with van der Waals surface area (Å²) in [5.41, 5.74) is 9.15. The Bertz CT molecular complexity index is 877. The average Bonchev–Trinajstić information content (AvgIpc) is 3.48. The number of benzene rings is 2. The maximum atomic E-state index is 6.04. The summed E-state index contributed by atoms with van der Waals surface area (Å²) in [5, 5.41) is 0. The SMILES string of the molecule is Nc1nc(-c2ccc(OCc3ccccc3)cc2)nc(C2CC2)c1Br. The normalized spacial score (nSPS) is 13.6. The Balaban J connectivity index is 1.52. The van der Waals surface area contributed by atoms with Crippen LogP contribution in [-0.2, 0) is 6.61 Å². The molecule has 0 atom stereocenters. The van der Waals surface area contributed by atoms with Crippen molar-refractivity contribution in [1.29, 1.82) is 0 Å². The van der Waals surface area contributed by atoms with E-state index in [0.717, 1.165) is 27.0 Å². The van der Waals surface area contributed by atoms with Gasteiger partial charge in [-0.25, -0.2) is 9.97 Å². The van der Waals surface area contributed by atoms with Gasteiger partial charge < -0.3 is 10.5 Å². The van der Waals surface area contributed by atoms with E-state index in [1.54, 1.807) is 0 Å². The summed E-state index contributed by atoms with van der Waals surface area (Å²) in [7, 11) is 0. The van der Waals surface area contributed by atoms with E-state index >= 15 is 0 Å². The van der Waals surface area contributed by atoms with Crippen LogP contribution in [0, 0.1) is 0 Å². The van der Waals surface area contributed by atoms with Crippen LogP contribution in [0.15, 0.2) is 59.1 Å². The van der Waals surface area contributed by atoms with Gasteiger partial charge in [0.15, 0.2) is 5.82 Å². The van der Waals surface area contributed by atoms with Crippen LogP contribution < -0.4 is 10.5 Å². The summed E-state index contributed by atoms with van der Waals surface area (Å²) in [4.78, 5) is 9.13. The lowest BCUT2D eigenvalue weighted by Gasteiger charge is -2.10. The molecule has 4 nitrogen and oxygen atoms in total. The van der Waals surface area contributed by atoms with Gasteiger partial charge in [0.05, 0.1) is 10.2 Å². The molecular formula is C20H18BrN3O. The second-order valence-corrected chi connectivity index (χ2v) is 7.00. The number of nitrogens with zero attached hydrogens (tertiary/aromatic N) is 2. The van der Waals surface area contributed by atoms with Gasteiger partial charge in [0, 0.05) is 11.5 Å². The van der Waals surface area contributed by atoms with Crippen LogP contribution in [0.2, 0.25) is 0 Å². The molecule has 1 heterocycles. The molecule has 2 aromatic carbocycles. The Morgan fingerprint density at radius 1 is 1.00 bits per heavy atom. The molecule has 1 aliphatic rings. The largest absolute Gasteiger partial charge is 0.489 e. The number of nitrogen functional groups attached to an aromatic ring is 1. The van der Waals surface area contributed by atoms with Gasteiger partial charge in [-0.3, -0.25) is 0 Å². The van der Waals surface area contributed by atoms with Gasteiger partial charge in [-0.1, -0.05) is 30.3 Å². The molecule has 1 aromatic heterocycles. The number of anilines is 1. The molecule has 0 spiro atoms. The van der Waals surface area contributed by atoms with Crippen molar-refractivity contribution >= 4 is 21.7 Å². The van der Waals surface area contributed by atoms with E-state index in [2.05, 4.69) is 20.9 Å². The van der Waals surface area contributed by atoms with Crippen LogP contribution in [0.5, 0.6) is 5.75 Å². The molecule has 1 saturated carbocycles. The smallest absolute Gasteiger partial charge is 0.161 e. The van der Waals surface area contributed by atoms with E-state index < -0.39 is 0 Å². The highest BCUT2D eigenvalue weighted by atomic mass is 79.9. The Kier molecular flexibility index (Phi) is 4.40. The van der Waals surface area contributed by atoms with Crippen molar-refractivity contribution in [3.63, 3.8) is 0 Å². The minimum atomic E-state index is 0.497. The van der Waals surface area contributed by atoms with Crippen LogP contribution in [0.1, 0.15) is 30.0 Å². The van der Waals surface area contributed by atoms with Crippen LogP contribution in [0.25, 0.3) is 11.4 Å². The third-order valence-electron chi connectivity index (χ3n) is 4.23. The molecule has 0 radical (unpaired) electrons. The molecule has 1 aliphatic carbocycles. The van der Waals surface area contributed by atoms with Gasteiger partial charge in [-0.2, -0.15) is 0 Å². The number of rotatable bonds is 5. The molecule has 0 unspecified atom stereocenters. The third-order valence-corrected chi connectivity index (χ3v) is 5.04. The van der Waals surface area contributed by atoms with Crippen LogP contribution in [-0.4, -0.2) is 9.97 Å². The average molecular weight is 396 g/mol. The van der Waals surface area contributed by atoms with Gasteiger partial charge in [0.1, 0.15) is 18.2 Å². The fourth-order valence-electron chi connectivity index (χ4n) is 2.68. The van der Waals surface area contributed by atoms with Crippen molar-refractivity contribution in [3.05, 3.63) is 70.3 Å². The lowest BCUT2D eigenvalue weighted by molar-refractivity contribution is 0.306. The first kappa shape index (κ1) is 16.1. The molecule has 0 bridgehead atoms. The molecule has 2 N–H and O–H groups in total. The zero-order valence-corrected chi connectivity index (χ0v) is 15.2. The number of ether oxygens (including phenoxy) is 1. The standard InChI is InChI=1S/C20H18BrN3O/c21-17-18(14-6-7-14)23-20(24-19(17)22)15-8-10-16(11-9-15)25-12-13-4-2-1-3-5-13/h1-5,8-11,14H,6-7,12H2,(H2,22,23,24). The first-order chi connectivity index (χ1) is 12.2. The van der Waals surface area contributed by atoms with E-state index in [1.165, 1.54) is 12.8 Å².